The second kappa shape index (κ2) is 12.1. The summed E-state index contributed by atoms with van der Waals surface area (Å²) in [7, 11) is 0. The van der Waals surface area contributed by atoms with E-state index in [1.807, 2.05) is 0 Å². The highest BCUT2D eigenvalue weighted by atomic mass is 16.5. The van der Waals surface area contributed by atoms with E-state index in [1.165, 1.54) is 38.5 Å². The van der Waals surface area contributed by atoms with Gasteiger partial charge in [-0.1, -0.05) is 57.8 Å². The Kier molecular flexibility index (Phi) is 11.4. The van der Waals surface area contributed by atoms with Crippen LogP contribution in [-0.2, 0) is 9.53 Å². The van der Waals surface area contributed by atoms with Gasteiger partial charge in [-0.25, -0.2) is 0 Å². The molecule has 16 heavy (non-hydrogen) atoms. The number of esters is 1. The molecule has 0 atom stereocenters. The summed E-state index contributed by atoms with van der Waals surface area (Å²) in [5.74, 6) is 2.12. The van der Waals surface area contributed by atoms with E-state index in [0.717, 1.165) is 12.8 Å². The van der Waals surface area contributed by atoms with Gasteiger partial charge in [0.05, 0.1) is 0 Å². The van der Waals surface area contributed by atoms with E-state index in [4.69, 9.17) is 11.2 Å². The van der Waals surface area contributed by atoms with Crippen molar-refractivity contribution in [1.29, 1.82) is 0 Å². The first-order valence-electron chi connectivity index (χ1n) is 6.40. The van der Waals surface area contributed by atoms with E-state index in [0.29, 0.717) is 6.42 Å². The molecule has 0 fully saturated rings. The van der Waals surface area contributed by atoms with Crippen molar-refractivity contribution in [2.45, 2.75) is 64.7 Å². The summed E-state index contributed by atoms with van der Waals surface area (Å²) >= 11 is 0. The lowest BCUT2D eigenvalue weighted by Gasteiger charge is -2.02. The van der Waals surface area contributed by atoms with Crippen LogP contribution in [0.15, 0.2) is 0 Å². The molecular formula is C14H24O2. The van der Waals surface area contributed by atoms with Crippen molar-refractivity contribution in [2.24, 2.45) is 0 Å². The van der Waals surface area contributed by atoms with Crippen molar-refractivity contribution in [3.05, 3.63) is 0 Å². The summed E-state index contributed by atoms with van der Waals surface area (Å²) < 4.78 is 4.78. The molecule has 0 aliphatic rings. The molecule has 0 aliphatic heterocycles. The predicted molar refractivity (Wildman–Crippen MR) is 67.0 cm³/mol. The topological polar surface area (TPSA) is 26.3 Å². The van der Waals surface area contributed by atoms with Crippen LogP contribution < -0.4 is 0 Å². The Morgan fingerprint density at radius 3 is 2.19 bits per heavy atom. The molecule has 0 aliphatic carbocycles. The maximum absolute atomic E-state index is 11.1. The largest absolute Gasteiger partial charge is 0.452 e. The fourth-order valence-corrected chi connectivity index (χ4v) is 1.60. The lowest BCUT2D eigenvalue weighted by molar-refractivity contribution is -0.142. The molecule has 0 amide bonds. The zero-order valence-corrected chi connectivity index (χ0v) is 10.5. The third-order valence-electron chi connectivity index (χ3n) is 2.55. The van der Waals surface area contributed by atoms with Gasteiger partial charge in [-0.05, 0) is 6.42 Å². The summed E-state index contributed by atoms with van der Waals surface area (Å²) in [5, 5.41) is 0. The SMILES string of the molecule is C#CCOC(=O)CCCCCCCCCC. The first-order valence-corrected chi connectivity index (χ1v) is 6.40. The van der Waals surface area contributed by atoms with Gasteiger partial charge in [0.1, 0.15) is 0 Å². The van der Waals surface area contributed by atoms with E-state index >= 15 is 0 Å². The van der Waals surface area contributed by atoms with Crippen LogP contribution in [-0.4, -0.2) is 12.6 Å². The average Bonchev–Trinajstić information content (AvgIpc) is 2.30. The quantitative estimate of drug-likeness (QED) is 0.321. The van der Waals surface area contributed by atoms with Crippen molar-refractivity contribution in [3.63, 3.8) is 0 Å². The van der Waals surface area contributed by atoms with Gasteiger partial charge >= 0.3 is 5.97 Å². The molecule has 0 radical (unpaired) electrons. The highest BCUT2D eigenvalue weighted by Crippen LogP contribution is 2.09. The van der Waals surface area contributed by atoms with Crippen molar-refractivity contribution in [2.75, 3.05) is 6.61 Å². The number of hydrogen-bond donors (Lipinski definition) is 0. The van der Waals surface area contributed by atoms with Crippen LogP contribution in [0.25, 0.3) is 0 Å². The molecule has 0 N–H and O–H groups in total. The smallest absolute Gasteiger partial charge is 0.306 e. The van der Waals surface area contributed by atoms with Crippen molar-refractivity contribution >= 4 is 5.97 Å². The van der Waals surface area contributed by atoms with Crippen LogP contribution in [0.5, 0.6) is 0 Å². The molecule has 2 heteroatoms. The van der Waals surface area contributed by atoms with E-state index in [9.17, 15) is 4.79 Å². The zero-order chi connectivity index (χ0) is 12.1. The van der Waals surface area contributed by atoms with E-state index in [2.05, 4.69) is 12.8 Å². The third kappa shape index (κ3) is 11.1. The Hall–Kier alpha value is -0.970. The predicted octanol–water partition coefficient (Wildman–Crippen LogP) is 3.69. The van der Waals surface area contributed by atoms with E-state index in [1.54, 1.807) is 0 Å². The van der Waals surface area contributed by atoms with Crippen LogP contribution in [0.4, 0.5) is 0 Å². The van der Waals surface area contributed by atoms with Gasteiger partial charge in [0, 0.05) is 6.42 Å². The number of ether oxygens (including phenoxy) is 1. The zero-order valence-electron chi connectivity index (χ0n) is 10.5. The molecule has 0 saturated carbocycles. The molecule has 0 bridgehead atoms. The molecule has 0 unspecified atom stereocenters. The standard InChI is InChI=1S/C14H24O2/c1-3-5-6-7-8-9-10-11-12-14(15)16-13-4-2/h2H,3,5-13H2,1H3. The molecule has 0 aromatic carbocycles. The van der Waals surface area contributed by atoms with Crippen molar-refractivity contribution in [1.82, 2.24) is 0 Å². The molecule has 0 saturated heterocycles. The Balaban J connectivity index is 3.09. The van der Waals surface area contributed by atoms with Gasteiger partial charge < -0.3 is 4.74 Å². The van der Waals surface area contributed by atoms with Crippen LogP contribution in [0.3, 0.4) is 0 Å². The van der Waals surface area contributed by atoms with E-state index in [-0.39, 0.29) is 12.6 Å². The van der Waals surface area contributed by atoms with Gasteiger partial charge in [0.15, 0.2) is 6.61 Å². The summed E-state index contributed by atoms with van der Waals surface area (Å²) in [6.07, 6.45) is 15.4. The summed E-state index contributed by atoms with van der Waals surface area (Å²) in [6.45, 7) is 2.33. The lowest BCUT2D eigenvalue weighted by atomic mass is 10.1. The Morgan fingerprint density at radius 1 is 1.06 bits per heavy atom. The van der Waals surface area contributed by atoms with Gasteiger partial charge in [0.25, 0.3) is 0 Å². The number of carbonyl (C=O) groups excluding carboxylic acids is 1. The third-order valence-corrected chi connectivity index (χ3v) is 2.55. The maximum atomic E-state index is 11.1. The van der Waals surface area contributed by atoms with Crippen LogP contribution in [0.1, 0.15) is 64.7 Å². The molecule has 0 aromatic heterocycles. The van der Waals surface area contributed by atoms with Gasteiger partial charge in [0.2, 0.25) is 0 Å². The molecule has 0 aromatic rings. The number of rotatable bonds is 10. The van der Waals surface area contributed by atoms with Gasteiger partial charge in [-0.15, -0.1) is 6.42 Å². The minimum absolute atomic E-state index is 0.107. The lowest BCUT2D eigenvalue weighted by Crippen LogP contribution is -2.03. The Labute approximate surface area is 99.8 Å². The summed E-state index contributed by atoms with van der Waals surface area (Å²) in [6, 6.07) is 0. The molecular weight excluding hydrogens is 200 g/mol. The minimum Gasteiger partial charge on any atom is -0.452 e. The second-order valence-corrected chi connectivity index (χ2v) is 4.09. The number of carbonyl (C=O) groups is 1. The molecule has 92 valence electrons. The normalized spacial score (nSPS) is 9.75. The number of unbranched alkanes of at least 4 members (excludes halogenated alkanes) is 7. The monoisotopic (exact) mass is 224 g/mol. The fraction of sp³-hybridized carbons (Fsp3) is 0.786. The Bertz CT molecular complexity index is 203. The van der Waals surface area contributed by atoms with Crippen LogP contribution in [0, 0.1) is 12.3 Å². The highest BCUT2D eigenvalue weighted by Gasteiger charge is 2.00. The first-order chi connectivity index (χ1) is 7.81. The summed E-state index contributed by atoms with van der Waals surface area (Å²) in [4.78, 5) is 11.1. The molecule has 0 spiro atoms. The summed E-state index contributed by atoms with van der Waals surface area (Å²) in [5.41, 5.74) is 0. The molecule has 0 heterocycles. The van der Waals surface area contributed by atoms with Crippen molar-refractivity contribution < 1.29 is 9.53 Å². The maximum Gasteiger partial charge on any atom is 0.306 e. The van der Waals surface area contributed by atoms with E-state index < -0.39 is 0 Å². The molecule has 0 rings (SSSR count). The minimum atomic E-state index is -0.163. The van der Waals surface area contributed by atoms with Crippen molar-refractivity contribution in [3.8, 4) is 12.3 Å². The number of hydrogen-bond acceptors (Lipinski definition) is 2. The van der Waals surface area contributed by atoms with Crippen LogP contribution >= 0.6 is 0 Å². The number of terminal acetylenes is 1. The highest BCUT2D eigenvalue weighted by molar-refractivity contribution is 5.69. The fourth-order valence-electron chi connectivity index (χ4n) is 1.60. The average molecular weight is 224 g/mol. The van der Waals surface area contributed by atoms with Gasteiger partial charge in [-0.3, -0.25) is 4.79 Å². The second-order valence-electron chi connectivity index (χ2n) is 4.09. The van der Waals surface area contributed by atoms with Crippen LogP contribution in [0.2, 0.25) is 0 Å². The van der Waals surface area contributed by atoms with Gasteiger partial charge in [-0.2, -0.15) is 0 Å². The Morgan fingerprint density at radius 2 is 1.62 bits per heavy atom. The molecule has 2 nitrogen and oxygen atoms in total. The first kappa shape index (κ1) is 15.0.